The Hall–Kier alpha value is -4.78. The smallest absolute Gasteiger partial charge is 0.271 e. The van der Waals surface area contributed by atoms with Crippen LogP contribution in [0.1, 0.15) is 45.7 Å². The number of ether oxygens (including phenoxy) is 1. The highest BCUT2D eigenvalue weighted by Gasteiger charge is 2.42. The zero-order chi connectivity index (χ0) is 29.0. The topological polar surface area (TPSA) is 66.9 Å². The number of nitrogens with zero attached hydrogens (tertiary/aromatic N) is 2. The van der Waals surface area contributed by atoms with E-state index in [2.05, 4.69) is 0 Å². The first-order valence-electron chi connectivity index (χ1n) is 13.5. The van der Waals surface area contributed by atoms with E-state index in [-0.39, 0.29) is 23.8 Å². The van der Waals surface area contributed by atoms with Gasteiger partial charge in [-0.1, -0.05) is 60.7 Å². The summed E-state index contributed by atoms with van der Waals surface area (Å²) in [5.41, 5.74) is 1.92. The van der Waals surface area contributed by atoms with Gasteiger partial charge in [-0.15, -0.1) is 0 Å². The molecule has 1 aliphatic heterocycles. The lowest BCUT2D eigenvalue weighted by Gasteiger charge is -2.38. The van der Waals surface area contributed by atoms with Crippen molar-refractivity contribution in [1.29, 1.82) is 0 Å². The molecule has 1 aliphatic rings. The molecule has 4 aromatic carbocycles. The molecule has 7 heteroatoms. The molecule has 0 fully saturated rings. The molecule has 0 bridgehead atoms. The summed E-state index contributed by atoms with van der Waals surface area (Å²) in [7, 11) is 0. The standard InChI is InChI=1S/C34H31FN2O4/c1-34(2)33(40)37(23-30(38)26-13-16-28(35)17-14-26)29-21-27(15-18-31(29)41-34)32(39)36(22-25-11-7-4-8-12-25)20-19-24-9-5-3-6-10-24/h3-18,21H,19-20,22-23H2,1-2H3. The van der Waals surface area contributed by atoms with Crippen molar-refractivity contribution >= 4 is 23.3 Å². The Balaban J connectivity index is 1.45. The van der Waals surface area contributed by atoms with Crippen LogP contribution in [0.5, 0.6) is 5.75 Å². The predicted molar refractivity (Wildman–Crippen MR) is 156 cm³/mol. The number of carbonyl (C=O) groups excluding carboxylic acids is 3. The second-order valence-electron chi connectivity index (χ2n) is 10.6. The Morgan fingerprint density at radius 2 is 1.44 bits per heavy atom. The van der Waals surface area contributed by atoms with Gasteiger partial charge in [0.25, 0.3) is 11.8 Å². The van der Waals surface area contributed by atoms with Crippen molar-refractivity contribution < 1.29 is 23.5 Å². The normalized spacial score (nSPS) is 13.7. The number of halogens is 1. The van der Waals surface area contributed by atoms with Gasteiger partial charge in [0.15, 0.2) is 11.4 Å². The summed E-state index contributed by atoms with van der Waals surface area (Å²) in [6, 6.07) is 29.9. The fourth-order valence-corrected chi connectivity index (χ4v) is 4.88. The van der Waals surface area contributed by atoms with Crippen LogP contribution < -0.4 is 9.64 Å². The third-order valence-corrected chi connectivity index (χ3v) is 7.11. The molecule has 4 aromatic rings. The summed E-state index contributed by atoms with van der Waals surface area (Å²) in [4.78, 5) is 43.6. The van der Waals surface area contributed by atoms with Crippen LogP contribution in [0.4, 0.5) is 10.1 Å². The number of Topliss-reactive ketones (excluding diaryl/α,β-unsaturated/α-hetero) is 1. The van der Waals surface area contributed by atoms with Crippen LogP contribution in [0.2, 0.25) is 0 Å². The number of rotatable bonds is 9. The monoisotopic (exact) mass is 550 g/mol. The SMILES string of the molecule is CC1(C)Oc2ccc(C(=O)N(CCc3ccccc3)Cc3ccccc3)cc2N(CC(=O)c2ccc(F)cc2)C1=O. The zero-order valence-electron chi connectivity index (χ0n) is 23.0. The molecule has 1 heterocycles. The van der Waals surface area contributed by atoms with E-state index in [0.29, 0.717) is 36.5 Å². The van der Waals surface area contributed by atoms with Gasteiger partial charge in [0.05, 0.1) is 12.2 Å². The summed E-state index contributed by atoms with van der Waals surface area (Å²) >= 11 is 0. The second kappa shape index (κ2) is 11.8. The molecule has 208 valence electrons. The van der Waals surface area contributed by atoms with E-state index in [9.17, 15) is 18.8 Å². The van der Waals surface area contributed by atoms with Gasteiger partial charge in [-0.3, -0.25) is 19.3 Å². The van der Waals surface area contributed by atoms with Crippen molar-refractivity contribution in [3.8, 4) is 5.75 Å². The number of benzene rings is 4. The van der Waals surface area contributed by atoms with E-state index in [1.54, 1.807) is 36.9 Å². The molecule has 5 rings (SSSR count). The van der Waals surface area contributed by atoms with Crippen molar-refractivity contribution in [3.05, 3.63) is 131 Å². The van der Waals surface area contributed by atoms with Crippen molar-refractivity contribution in [2.24, 2.45) is 0 Å². The molecule has 41 heavy (non-hydrogen) atoms. The van der Waals surface area contributed by atoms with Gasteiger partial charge in [0.2, 0.25) is 0 Å². The molecule has 0 saturated carbocycles. The maximum atomic E-state index is 13.9. The van der Waals surface area contributed by atoms with Gasteiger partial charge in [0, 0.05) is 24.2 Å². The molecular weight excluding hydrogens is 519 g/mol. The van der Waals surface area contributed by atoms with E-state index in [0.717, 1.165) is 11.1 Å². The van der Waals surface area contributed by atoms with Crippen LogP contribution in [0.15, 0.2) is 103 Å². The van der Waals surface area contributed by atoms with E-state index < -0.39 is 17.3 Å². The minimum Gasteiger partial charge on any atom is -0.476 e. The predicted octanol–water partition coefficient (Wildman–Crippen LogP) is 6.10. The third-order valence-electron chi connectivity index (χ3n) is 7.11. The Bertz CT molecular complexity index is 1550. The third kappa shape index (κ3) is 6.35. The first kappa shape index (κ1) is 27.8. The number of ketones is 1. The number of anilines is 1. The molecule has 0 atom stereocenters. The Kier molecular flexibility index (Phi) is 7.97. The number of hydrogen-bond donors (Lipinski definition) is 0. The number of hydrogen-bond acceptors (Lipinski definition) is 4. The molecule has 2 amide bonds. The van der Waals surface area contributed by atoms with Gasteiger partial charge in [-0.05, 0) is 73.9 Å². The highest BCUT2D eigenvalue weighted by molar-refractivity contribution is 6.10. The van der Waals surface area contributed by atoms with Gasteiger partial charge in [-0.2, -0.15) is 0 Å². The summed E-state index contributed by atoms with van der Waals surface area (Å²) in [5.74, 6) is -1.01. The lowest BCUT2D eigenvalue weighted by molar-refractivity contribution is -0.132. The minimum absolute atomic E-state index is 0.199. The molecule has 0 aliphatic carbocycles. The maximum Gasteiger partial charge on any atom is 0.271 e. The maximum absolute atomic E-state index is 13.9. The molecule has 0 N–H and O–H groups in total. The van der Waals surface area contributed by atoms with Crippen LogP contribution in [-0.4, -0.2) is 41.2 Å². The molecule has 0 unspecified atom stereocenters. The van der Waals surface area contributed by atoms with E-state index in [4.69, 9.17) is 4.74 Å². The first-order valence-corrected chi connectivity index (χ1v) is 13.5. The zero-order valence-corrected chi connectivity index (χ0v) is 23.0. The van der Waals surface area contributed by atoms with Crippen molar-refractivity contribution in [2.75, 3.05) is 18.0 Å². The van der Waals surface area contributed by atoms with Crippen LogP contribution >= 0.6 is 0 Å². The van der Waals surface area contributed by atoms with Gasteiger partial charge in [0.1, 0.15) is 11.6 Å². The summed E-state index contributed by atoms with van der Waals surface area (Å²) < 4.78 is 19.4. The largest absolute Gasteiger partial charge is 0.476 e. The van der Waals surface area contributed by atoms with Crippen LogP contribution in [0.3, 0.4) is 0 Å². The fraction of sp³-hybridized carbons (Fsp3) is 0.206. The molecule has 6 nitrogen and oxygen atoms in total. The summed E-state index contributed by atoms with van der Waals surface area (Å²) in [6.07, 6.45) is 0.679. The summed E-state index contributed by atoms with van der Waals surface area (Å²) in [5, 5.41) is 0. The van der Waals surface area contributed by atoms with E-state index in [1.165, 1.54) is 29.2 Å². The van der Waals surface area contributed by atoms with Gasteiger partial charge >= 0.3 is 0 Å². The number of carbonyl (C=O) groups is 3. The van der Waals surface area contributed by atoms with Crippen LogP contribution in [0.25, 0.3) is 0 Å². The highest BCUT2D eigenvalue weighted by atomic mass is 19.1. The fourth-order valence-electron chi connectivity index (χ4n) is 4.88. The Morgan fingerprint density at radius 3 is 2.10 bits per heavy atom. The minimum atomic E-state index is -1.21. The molecule has 0 radical (unpaired) electrons. The van der Waals surface area contributed by atoms with Crippen LogP contribution in [-0.2, 0) is 17.8 Å². The Labute approximate surface area is 239 Å². The number of amides is 2. The van der Waals surface area contributed by atoms with Gasteiger partial charge in [-0.25, -0.2) is 4.39 Å². The van der Waals surface area contributed by atoms with E-state index >= 15 is 0 Å². The average Bonchev–Trinajstić information content (AvgIpc) is 2.98. The molecule has 0 spiro atoms. The second-order valence-corrected chi connectivity index (χ2v) is 10.6. The van der Waals surface area contributed by atoms with Gasteiger partial charge < -0.3 is 9.64 Å². The van der Waals surface area contributed by atoms with Crippen molar-refractivity contribution in [1.82, 2.24) is 4.90 Å². The average molecular weight is 551 g/mol. The lowest BCUT2D eigenvalue weighted by Crippen LogP contribution is -2.54. The molecule has 0 saturated heterocycles. The van der Waals surface area contributed by atoms with Crippen LogP contribution in [0, 0.1) is 5.82 Å². The quantitative estimate of drug-likeness (QED) is 0.236. The van der Waals surface area contributed by atoms with Crippen molar-refractivity contribution in [2.45, 2.75) is 32.4 Å². The lowest BCUT2D eigenvalue weighted by atomic mass is 10.0. The first-order chi connectivity index (χ1) is 19.7. The molecule has 0 aromatic heterocycles. The van der Waals surface area contributed by atoms with E-state index in [1.807, 2.05) is 60.7 Å². The molecular formula is C34H31FN2O4. The highest BCUT2D eigenvalue weighted by Crippen LogP contribution is 2.39. The number of fused-ring (bicyclic) bond motifs is 1. The van der Waals surface area contributed by atoms with Crippen molar-refractivity contribution in [3.63, 3.8) is 0 Å². The Morgan fingerprint density at radius 1 is 0.829 bits per heavy atom. The summed E-state index contributed by atoms with van der Waals surface area (Å²) in [6.45, 7) is 3.91.